The van der Waals surface area contributed by atoms with Gasteiger partial charge in [-0.1, -0.05) is 23.7 Å². The molecule has 1 fully saturated rings. The quantitative estimate of drug-likeness (QED) is 0.677. The molecule has 1 atom stereocenters. The molecule has 0 saturated carbocycles. The lowest BCUT2D eigenvalue weighted by Gasteiger charge is -2.40. The highest BCUT2D eigenvalue weighted by Gasteiger charge is 2.41. The summed E-state index contributed by atoms with van der Waals surface area (Å²) in [4.78, 5) is 29.7. The van der Waals surface area contributed by atoms with Crippen molar-refractivity contribution >= 4 is 35.0 Å². The van der Waals surface area contributed by atoms with Crippen LogP contribution in [-0.4, -0.2) is 61.8 Å². The summed E-state index contributed by atoms with van der Waals surface area (Å²) in [5.41, 5.74) is 1.14. The van der Waals surface area contributed by atoms with Crippen molar-refractivity contribution in [2.45, 2.75) is 25.4 Å². The van der Waals surface area contributed by atoms with Gasteiger partial charge in [0.25, 0.3) is 5.91 Å². The number of rotatable bonds is 4. The van der Waals surface area contributed by atoms with Gasteiger partial charge in [-0.15, -0.1) is 0 Å². The predicted molar refractivity (Wildman–Crippen MR) is 130 cm³/mol. The number of hydrogen-bond acceptors (Lipinski definition) is 5. The first-order valence-corrected chi connectivity index (χ1v) is 11.6. The zero-order valence-electron chi connectivity index (χ0n) is 19.5. The number of nitrogens with zero attached hydrogens (tertiary/aromatic N) is 4. The molecule has 2 heterocycles. The maximum atomic E-state index is 13.3. The largest absolute Gasteiger partial charge is 0.476 e. The normalized spacial score (nSPS) is 18.8. The van der Waals surface area contributed by atoms with Crippen molar-refractivity contribution in [3.63, 3.8) is 0 Å². The van der Waals surface area contributed by atoms with Crippen molar-refractivity contribution in [3.8, 4) is 11.8 Å². The molecule has 0 radical (unpaired) electrons. The monoisotopic (exact) mass is 500 g/mol. The number of carbonyl (C=O) groups excluding carboxylic acids is 1. The van der Waals surface area contributed by atoms with Crippen LogP contribution in [0.1, 0.15) is 18.4 Å². The summed E-state index contributed by atoms with van der Waals surface area (Å²) >= 11 is 6.32. The predicted octanol–water partition coefficient (Wildman–Crippen LogP) is 4.17. The van der Waals surface area contributed by atoms with E-state index in [4.69, 9.17) is 16.3 Å². The summed E-state index contributed by atoms with van der Waals surface area (Å²) in [6.45, 7) is 0.530. The first kappa shape index (κ1) is 24.6. The second-order valence-corrected chi connectivity index (χ2v) is 9.59. The Labute approximate surface area is 208 Å². The minimum atomic E-state index is -1.21. The van der Waals surface area contributed by atoms with Gasteiger partial charge in [0.15, 0.2) is 6.10 Å². The Bertz CT molecular complexity index is 1170. The zero-order chi connectivity index (χ0) is 25.3. The Morgan fingerprint density at radius 3 is 2.49 bits per heavy atom. The number of halogens is 2. The van der Waals surface area contributed by atoms with E-state index >= 15 is 0 Å². The van der Waals surface area contributed by atoms with Gasteiger partial charge in [0.05, 0.1) is 34.4 Å². The molecule has 2 aromatic carbocycles. The lowest BCUT2D eigenvalue weighted by molar-refractivity contribution is -0.140. The van der Waals surface area contributed by atoms with E-state index in [1.807, 2.05) is 0 Å². The number of fused-ring (bicyclic) bond motifs is 1. The van der Waals surface area contributed by atoms with E-state index in [1.165, 1.54) is 18.2 Å². The number of hydrogen-bond donors (Lipinski definition) is 1. The number of likely N-dealkylation sites (tertiary alicyclic amines) is 1. The maximum absolute atomic E-state index is 13.3. The Morgan fingerprint density at radius 1 is 1.26 bits per heavy atom. The zero-order valence-corrected chi connectivity index (χ0v) is 20.3. The fraction of sp³-hybridized carbons (Fsp3) is 0.400. The number of ether oxygens (including phenoxy) is 1. The van der Waals surface area contributed by atoms with Gasteiger partial charge in [0.1, 0.15) is 11.6 Å². The molecule has 2 aliphatic rings. The molecule has 1 N–H and O–H groups in total. The molecule has 2 amide bonds. The van der Waals surface area contributed by atoms with Crippen LogP contribution in [0, 0.1) is 22.6 Å². The van der Waals surface area contributed by atoms with Crippen LogP contribution in [0.2, 0.25) is 5.02 Å². The van der Waals surface area contributed by atoms with Gasteiger partial charge < -0.3 is 19.6 Å². The Morgan fingerprint density at radius 2 is 1.91 bits per heavy atom. The Balaban J connectivity index is 1.49. The van der Waals surface area contributed by atoms with E-state index < -0.39 is 17.6 Å². The van der Waals surface area contributed by atoms with E-state index in [0.29, 0.717) is 48.7 Å². The fourth-order valence-electron chi connectivity index (χ4n) is 4.62. The summed E-state index contributed by atoms with van der Waals surface area (Å²) in [5, 5.41) is 20.0. The SMILES string of the molecule is CN(C)c1cc2c(cc1Cl)N(C(=O)O)CC(C(=O)N1CCC(C#N)(Cc3ccc(F)cc3)CC1)O2. The Hall–Kier alpha value is -3.51. The van der Waals surface area contributed by atoms with E-state index in [0.717, 1.165) is 10.5 Å². The highest BCUT2D eigenvalue weighted by molar-refractivity contribution is 6.33. The highest BCUT2D eigenvalue weighted by Crippen LogP contribution is 2.42. The summed E-state index contributed by atoms with van der Waals surface area (Å²) in [7, 11) is 3.60. The van der Waals surface area contributed by atoms with Gasteiger partial charge in [-0.05, 0) is 43.0 Å². The van der Waals surface area contributed by atoms with Gasteiger partial charge in [0, 0.05) is 33.3 Å². The molecule has 184 valence electrons. The van der Waals surface area contributed by atoms with Crippen molar-refractivity contribution < 1.29 is 23.8 Å². The number of piperidine rings is 1. The van der Waals surface area contributed by atoms with Crippen LogP contribution in [-0.2, 0) is 11.2 Å². The van der Waals surface area contributed by atoms with E-state index in [9.17, 15) is 24.3 Å². The summed E-state index contributed by atoms with van der Waals surface area (Å²) in [6, 6.07) is 11.7. The van der Waals surface area contributed by atoms with Crippen LogP contribution in [0.3, 0.4) is 0 Å². The van der Waals surface area contributed by atoms with Gasteiger partial charge in [0.2, 0.25) is 0 Å². The molecular weight excluding hydrogens is 475 g/mol. The van der Waals surface area contributed by atoms with E-state index in [2.05, 4.69) is 6.07 Å². The third-order valence-corrected chi connectivity index (χ3v) is 6.95. The molecule has 0 aliphatic carbocycles. The number of anilines is 2. The number of carboxylic acid groups (broad SMARTS) is 1. The summed E-state index contributed by atoms with van der Waals surface area (Å²) in [6.07, 6.45) is -0.832. The average molecular weight is 501 g/mol. The Kier molecular flexibility index (Phi) is 6.77. The smallest absolute Gasteiger partial charge is 0.412 e. The van der Waals surface area contributed by atoms with Crippen molar-refractivity contribution in [1.29, 1.82) is 5.26 Å². The molecule has 2 aromatic rings. The molecule has 1 unspecified atom stereocenters. The third kappa shape index (κ3) is 4.98. The molecule has 0 spiro atoms. The summed E-state index contributed by atoms with van der Waals surface area (Å²) < 4.78 is 19.2. The van der Waals surface area contributed by atoms with Crippen molar-refractivity contribution in [2.24, 2.45) is 5.41 Å². The van der Waals surface area contributed by atoms with Crippen molar-refractivity contribution in [2.75, 3.05) is 43.5 Å². The first-order chi connectivity index (χ1) is 16.6. The van der Waals surface area contributed by atoms with Gasteiger partial charge >= 0.3 is 6.09 Å². The lowest BCUT2D eigenvalue weighted by Crippen LogP contribution is -2.54. The minimum absolute atomic E-state index is 0.158. The molecule has 2 aliphatic heterocycles. The van der Waals surface area contributed by atoms with Crippen molar-refractivity contribution in [1.82, 2.24) is 4.90 Å². The molecule has 0 aromatic heterocycles. The first-order valence-electron chi connectivity index (χ1n) is 11.2. The topological polar surface area (TPSA) is 97.1 Å². The van der Waals surface area contributed by atoms with Gasteiger partial charge in [-0.2, -0.15) is 5.26 Å². The van der Waals surface area contributed by atoms with Crippen LogP contribution >= 0.6 is 11.6 Å². The van der Waals surface area contributed by atoms with Crippen LogP contribution < -0.4 is 14.5 Å². The van der Waals surface area contributed by atoms with Crippen LogP contribution in [0.15, 0.2) is 36.4 Å². The second kappa shape index (κ2) is 9.62. The maximum Gasteiger partial charge on any atom is 0.412 e. The van der Waals surface area contributed by atoms with Crippen molar-refractivity contribution in [3.05, 3.63) is 52.8 Å². The number of nitriles is 1. The second-order valence-electron chi connectivity index (χ2n) is 9.19. The average Bonchev–Trinajstić information content (AvgIpc) is 2.84. The molecule has 35 heavy (non-hydrogen) atoms. The fourth-order valence-corrected chi connectivity index (χ4v) is 4.95. The highest BCUT2D eigenvalue weighted by atomic mass is 35.5. The third-order valence-electron chi connectivity index (χ3n) is 6.65. The molecule has 1 saturated heterocycles. The molecule has 4 rings (SSSR count). The van der Waals surface area contributed by atoms with Crippen LogP contribution in [0.5, 0.6) is 5.75 Å². The van der Waals surface area contributed by atoms with Crippen LogP contribution in [0.4, 0.5) is 20.6 Å². The van der Waals surface area contributed by atoms with E-state index in [1.54, 1.807) is 42.1 Å². The van der Waals surface area contributed by atoms with Crippen LogP contribution in [0.25, 0.3) is 0 Å². The molecule has 8 nitrogen and oxygen atoms in total. The van der Waals surface area contributed by atoms with Gasteiger partial charge in [-0.3, -0.25) is 9.69 Å². The lowest BCUT2D eigenvalue weighted by atomic mass is 9.75. The molecule has 10 heteroatoms. The van der Waals surface area contributed by atoms with Gasteiger partial charge in [-0.25, -0.2) is 9.18 Å². The standard InChI is InChI=1S/C25H26ClFN4O4/c1-29(2)19-12-21-20(11-18(19)26)31(24(33)34)14-22(35-21)23(32)30-9-7-25(15-28,8-10-30)13-16-3-5-17(27)6-4-16/h3-6,11-12,22H,7-10,13-14H2,1-2H3,(H,33,34). The number of amides is 2. The minimum Gasteiger partial charge on any atom is -0.476 e. The molecule has 0 bridgehead atoms. The number of carbonyl (C=O) groups is 2. The van der Waals surface area contributed by atoms with E-state index in [-0.39, 0.29) is 24.0 Å². The molecular formula is C25H26ClFN4O4. The number of benzene rings is 2. The summed E-state index contributed by atoms with van der Waals surface area (Å²) in [5.74, 6) is -0.383.